The van der Waals surface area contributed by atoms with E-state index in [-0.39, 0.29) is 5.97 Å². The zero-order valence-corrected chi connectivity index (χ0v) is 10.3. The van der Waals surface area contributed by atoms with Crippen LogP contribution in [0.1, 0.15) is 19.3 Å². The number of methoxy groups -OCH3 is 2. The molecule has 0 atom stereocenters. The highest BCUT2D eigenvalue weighted by Crippen LogP contribution is 2.17. The predicted molar refractivity (Wildman–Crippen MR) is 64.4 cm³/mol. The maximum atomic E-state index is 11.4. The molecule has 0 bridgehead atoms. The van der Waals surface area contributed by atoms with Crippen LogP contribution in [0.2, 0.25) is 0 Å². The lowest BCUT2D eigenvalue weighted by molar-refractivity contribution is -0.134. The van der Waals surface area contributed by atoms with E-state index in [0.717, 1.165) is 18.6 Å². The molecule has 1 aromatic carbocycles. The van der Waals surface area contributed by atoms with Crippen molar-refractivity contribution in [2.45, 2.75) is 19.3 Å². The molecule has 1 rings (SSSR count). The first-order chi connectivity index (χ1) is 8.26. The minimum Gasteiger partial charge on any atom is -0.497 e. The fourth-order valence-electron chi connectivity index (χ4n) is 1.34. The van der Waals surface area contributed by atoms with Gasteiger partial charge in [0.05, 0.1) is 7.11 Å². The Balaban J connectivity index is 2.29. The van der Waals surface area contributed by atoms with Crippen LogP contribution in [0.25, 0.3) is 0 Å². The first kappa shape index (κ1) is 13.5. The summed E-state index contributed by atoms with van der Waals surface area (Å²) in [7, 11) is 3.24. The second-order valence-corrected chi connectivity index (χ2v) is 3.60. The largest absolute Gasteiger partial charge is 0.497 e. The van der Waals surface area contributed by atoms with Gasteiger partial charge in [0.1, 0.15) is 11.5 Å². The topological polar surface area (TPSA) is 44.8 Å². The number of benzene rings is 1. The maximum absolute atomic E-state index is 11.4. The van der Waals surface area contributed by atoms with Gasteiger partial charge in [0.25, 0.3) is 0 Å². The first-order valence-corrected chi connectivity index (χ1v) is 5.60. The molecule has 17 heavy (non-hydrogen) atoms. The molecule has 0 saturated carbocycles. The Labute approximate surface area is 101 Å². The molecule has 4 nitrogen and oxygen atoms in total. The summed E-state index contributed by atoms with van der Waals surface area (Å²) < 4.78 is 15.1. The summed E-state index contributed by atoms with van der Waals surface area (Å²) >= 11 is 0. The number of ether oxygens (including phenoxy) is 3. The number of carbonyl (C=O) groups excluding carboxylic acids is 1. The fraction of sp³-hybridized carbons (Fsp3) is 0.462. The van der Waals surface area contributed by atoms with E-state index in [1.165, 1.54) is 0 Å². The fourth-order valence-corrected chi connectivity index (χ4v) is 1.34. The van der Waals surface area contributed by atoms with Gasteiger partial charge in [-0.3, -0.25) is 4.79 Å². The maximum Gasteiger partial charge on any atom is 0.311 e. The average Bonchev–Trinajstić information content (AvgIpc) is 2.36. The zero-order chi connectivity index (χ0) is 12.5. The summed E-state index contributed by atoms with van der Waals surface area (Å²) in [4.78, 5) is 11.4. The number of hydrogen-bond donors (Lipinski definition) is 0. The Morgan fingerprint density at radius 2 is 1.71 bits per heavy atom. The Kier molecular flexibility index (Phi) is 6.10. The van der Waals surface area contributed by atoms with Crippen molar-refractivity contribution in [2.75, 3.05) is 20.8 Å². The lowest BCUT2D eigenvalue weighted by Gasteiger charge is -2.05. The lowest BCUT2D eigenvalue weighted by Crippen LogP contribution is -2.07. The molecule has 0 unspecified atom stereocenters. The van der Waals surface area contributed by atoms with E-state index in [1.54, 1.807) is 38.5 Å². The summed E-state index contributed by atoms with van der Waals surface area (Å²) in [6.45, 7) is 0.676. The van der Waals surface area contributed by atoms with Crippen LogP contribution < -0.4 is 9.47 Å². The number of unbranched alkanes of at least 4 members (excludes halogenated alkanes) is 1. The van der Waals surface area contributed by atoms with Gasteiger partial charge in [-0.05, 0) is 37.1 Å². The van der Waals surface area contributed by atoms with Gasteiger partial charge in [-0.2, -0.15) is 0 Å². The second-order valence-electron chi connectivity index (χ2n) is 3.60. The van der Waals surface area contributed by atoms with Gasteiger partial charge in [0, 0.05) is 20.1 Å². The van der Waals surface area contributed by atoms with Gasteiger partial charge in [0.2, 0.25) is 0 Å². The average molecular weight is 238 g/mol. The van der Waals surface area contributed by atoms with Crippen LogP contribution in [0, 0.1) is 0 Å². The molecule has 1 aromatic rings. The van der Waals surface area contributed by atoms with Gasteiger partial charge < -0.3 is 14.2 Å². The van der Waals surface area contributed by atoms with Gasteiger partial charge in [-0.25, -0.2) is 0 Å². The van der Waals surface area contributed by atoms with Crippen molar-refractivity contribution in [1.82, 2.24) is 0 Å². The highest BCUT2D eigenvalue weighted by molar-refractivity contribution is 5.72. The molecule has 0 radical (unpaired) electrons. The van der Waals surface area contributed by atoms with Crippen molar-refractivity contribution in [3.63, 3.8) is 0 Å². The molecule has 0 heterocycles. The predicted octanol–water partition coefficient (Wildman–Crippen LogP) is 2.42. The van der Waals surface area contributed by atoms with E-state index >= 15 is 0 Å². The number of esters is 1. The van der Waals surface area contributed by atoms with E-state index in [9.17, 15) is 4.79 Å². The number of hydrogen-bond acceptors (Lipinski definition) is 4. The third kappa shape index (κ3) is 5.36. The normalized spacial score (nSPS) is 10.0. The molecule has 0 aliphatic rings. The molecule has 0 amide bonds. The zero-order valence-electron chi connectivity index (χ0n) is 10.3. The molecule has 0 N–H and O–H groups in total. The van der Waals surface area contributed by atoms with E-state index in [1.807, 2.05) is 0 Å². The van der Waals surface area contributed by atoms with Gasteiger partial charge in [0.15, 0.2) is 0 Å². The monoisotopic (exact) mass is 238 g/mol. The number of carbonyl (C=O) groups is 1. The van der Waals surface area contributed by atoms with E-state index < -0.39 is 0 Å². The SMILES string of the molecule is COCCCCC(=O)Oc1ccc(OC)cc1. The molecule has 0 saturated heterocycles. The summed E-state index contributed by atoms with van der Waals surface area (Å²) in [6.07, 6.45) is 2.06. The Hall–Kier alpha value is -1.55. The van der Waals surface area contributed by atoms with E-state index in [0.29, 0.717) is 18.8 Å². The van der Waals surface area contributed by atoms with E-state index in [4.69, 9.17) is 14.2 Å². The summed E-state index contributed by atoms with van der Waals surface area (Å²) in [6, 6.07) is 6.94. The summed E-state index contributed by atoms with van der Waals surface area (Å²) in [5, 5.41) is 0. The van der Waals surface area contributed by atoms with Gasteiger partial charge in [-0.15, -0.1) is 0 Å². The number of rotatable bonds is 7. The standard InChI is InChI=1S/C13H18O4/c1-15-10-4-3-5-13(14)17-12-8-6-11(16-2)7-9-12/h6-9H,3-5,10H2,1-2H3. The van der Waals surface area contributed by atoms with Crippen molar-refractivity contribution in [3.05, 3.63) is 24.3 Å². The molecule has 0 fully saturated rings. The third-order valence-electron chi connectivity index (χ3n) is 2.27. The van der Waals surface area contributed by atoms with Crippen LogP contribution in [-0.4, -0.2) is 26.8 Å². The van der Waals surface area contributed by atoms with Gasteiger partial charge >= 0.3 is 5.97 Å². The molecule has 0 aliphatic carbocycles. The van der Waals surface area contributed by atoms with Crippen molar-refractivity contribution < 1.29 is 19.0 Å². The van der Waals surface area contributed by atoms with Crippen molar-refractivity contribution >= 4 is 5.97 Å². The van der Waals surface area contributed by atoms with Crippen LogP contribution in [0.15, 0.2) is 24.3 Å². The van der Waals surface area contributed by atoms with Gasteiger partial charge in [-0.1, -0.05) is 0 Å². The minimum atomic E-state index is -0.216. The summed E-state index contributed by atoms with van der Waals surface area (Å²) in [5.74, 6) is 1.07. The highest BCUT2D eigenvalue weighted by Gasteiger charge is 2.04. The molecule has 0 spiro atoms. The molecule has 0 aromatic heterocycles. The molecule has 4 heteroatoms. The minimum absolute atomic E-state index is 0.216. The molecular weight excluding hydrogens is 220 g/mol. The molecule has 0 aliphatic heterocycles. The van der Waals surface area contributed by atoms with Crippen LogP contribution >= 0.6 is 0 Å². The van der Waals surface area contributed by atoms with Crippen LogP contribution in [0.4, 0.5) is 0 Å². The van der Waals surface area contributed by atoms with Crippen LogP contribution in [0.3, 0.4) is 0 Å². The summed E-state index contributed by atoms with van der Waals surface area (Å²) in [5.41, 5.74) is 0. The first-order valence-electron chi connectivity index (χ1n) is 5.60. The van der Waals surface area contributed by atoms with E-state index in [2.05, 4.69) is 0 Å². The molecule has 94 valence electrons. The van der Waals surface area contributed by atoms with Crippen LogP contribution in [-0.2, 0) is 9.53 Å². The van der Waals surface area contributed by atoms with Crippen LogP contribution in [0.5, 0.6) is 11.5 Å². The Bertz CT molecular complexity index is 332. The van der Waals surface area contributed by atoms with Crippen molar-refractivity contribution in [2.24, 2.45) is 0 Å². The Morgan fingerprint density at radius 3 is 2.29 bits per heavy atom. The molecular formula is C13H18O4. The lowest BCUT2D eigenvalue weighted by atomic mass is 10.2. The second kappa shape index (κ2) is 7.68. The van der Waals surface area contributed by atoms with Crippen molar-refractivity contribution in [3.8, 4) is 11.5 Å². The smallest absolute Gasteiger partial charge is 0.311 e. The highest BCUT2D eigenvalue weighted by atomic mass is 16.5. The Morgan fingerprint density at radius 1 is 1.06 bits per heavy atom. The third-order valence-corrected chi connectivity index (χ3v) is 2.27. The van der Waals surface area contributed by atoms with Crippen molar-refractivity contribution in [1.29, 1.82) is 0 Å². The quantitative estimate of drug-likeness (QED) is 0.416.